The highest BCUT2D eigenvalue weighted by atomic mass is 16.7. The van der Waals surface area contributed by atoms with Gasteiger partial charge in [-0.25, -0.2) is 4.99 Å². The molecule has 2 aromatic rings. The zero-order chi connectivity index (χ0) is 20.8. The Morgan fingerprint density at radius 1 is 1.27 bits per heavy atom. The number of ether oxygens (including phenoxy) is 4. The van der Waals surface area contributed by atoms with Gasteiger partial charge in [-0.3, -0.25) is 14.6 Å². The molecule has 0 amide bonds. The van der Waals surface area contributed by atoms with Gasteiger partial charge in [0.1, 0.15) is 17.9 Å². The van der Waals surface area contributed by atoms with Crippen LogP contribution in [-0.4, -0.2) is 52.8 Å². The minimum atomic E-state index is -0.876. The Balaban J connectivity index is 1.52. The number of nitrogen functional groups attached to an aromatic ring is 1. The molecule has 2 saturated heterocycles. The number of hydrogen-bond acceptors (Lipinski definition) is 10. The van der Waals surface area contributed by atoms with Gasteiger partial charge in [0, 0.05) is 12.5 Å². The summed E-state index contributed by atoms with van der Waals surface area (Å²) in [5, 5.41) is 2.99. The van der Waals surface area contributed by atoms with E-state index in [0.717, 1.165) is 5.56 Å². The SMILES string of the molecule is CC(=O)O[C@@H]1C2=Nc3c(nc(N)[nH]c3=O)NC2O[C@@H]2COC(c3ccccc3)O[C@H]12. The molecule has 3 aliphatic rings. The number of rotatable bonds is 2. The third-order valence-corrected chi connectivity index (χ3v) is 5.02. The molecule has 0 spiro atoms. The topological polar surface area (TPSA) is 150 Å². The number of aromatic nitrogens is 2. The number of H-pyrrole nitrogens is 1. The van der Waals surface area contributed by atoms with Crippen LogP contribution in [0, 0.1) is 0 Å². The first-order valence-electron chi connectivity index (χ1n) is 9.39. The molecule has 1 aromatic carbocycles. The number of nitrogens with zero attached hydrogens (tertiary/aromatic N) is 2. The average molecular weight is 413 g/mol. The number of carbonyl (C=O) groups excluding carboxylic acids is 1. The number of carbonyl (C=O) groups is 1. The van der Waals surface area contributed by atoms with Gasteiger partial charge in [-0.05, 0) is 0 Å². The van der Waals surface area contributed by atoms with E-state index in [2.05, 4.69) is 20.3 Å². The fourth-order valence-electron chi connectivity index (χ4n) is 3.76. The number of nitrogens with two attached hydrogens (primary N) is 1. The van der Waals surface area contributed by atoms with Crippen LogP contribution >= 0.6 is 0 Å². The van der Waals surface area contributed by atoms with Crippen LogP contribution in [0.25, 0.3) is 0 Å². The summed E-state index contributed by atoms with van der Waals surface area (Å²) in [5.74, 6) is -0.376. The van der Waals surface area contributed by atoms with Crippen LogP contribution in [0.15, 0.2) is 40.1 Å². The number of aromatic amines is 1. The number of hydrogen-bond donors (Lipinski definition) is 3. The van der Waals surface area contributed by atoms with E-state index in [1.54, 1.807) is 0 Å². The summed E-state index contributed by atoms with van der Waals surface area (Å²) in [5.41, 5.74) is 6.26. The van der Waals surface area contributed by atoms with Gasteiger partial charge < -0.3 is 30.0 Å². The quantitative estimate of drug-likeness (QED) is 0.602. The summed E-state index contributed by atoms with van der Waals surface area (Å²) < 4.78 is 23.6. The predicted molar refractivity (Wildman–Crippen MR) is 104 cm³/mol. The molecule has 2 unspecified atom stereocenters. The molecule has 4 heterocycles. The minimum Gasteiger partial charge on any atom is -0.453 e. The van der Waals surface area contributed by atoms with E-state index in [0.29, 0.717) is 5.71 Å². The van der Waals surface area contributed by atoms with E-state index < -0.39 is 42.4 Å². The molecule has 11 heteroatoms. The number of fused-ring (bicyclic) bond motifs is 3. The molecule has 1 aromatic heterocycles. The summed E-state index contributed by atoms with van der Waals surface area (Å²) in [4.78, 5) is 35.0. The van der Waals surface area contributed by atoms with Crippen LogP contribution in [0.1, 0.15) is 18.8 Å². The summed E-state index contributed by atoms with van der Waals surface area (Å²) in [6.07, 6.45) is -3.52. The molecule has 30 heavy (non-hydrogen) atoms. The molecule has 5 atom stereocenters. The molecule has 0 bridgehead atoms. The van der Waals surface area contributed by atoms with Crippen LogP contribution < -0.4 is 16.6 Å². The number of esters is 1. The Hall–Kier alpha value is -3.28. The van der Waals surface area contributed by atoms with E-state index in [-0.39, 0.29) is 24.1 Å². The van der Waals surface area contributed by atoms with Crippen LogP contribution in [-0.2, 0) is 23.7 Å². The molecule has 4 N–H and O–H groups in total. The Bertz CT molecular complexity index is 1070. The first-order valence-corrected chi connectivity index (χ1v) is 9.39. The van der Waals surface area contributed by atoms with E-state index in [1.165, 1.54) is 6.92 Å². The molecule has 0 radical (unpaired) electrons. The lowest BCUT2D eigenvalue weighted by Crippen LogP contribution is -2.63. The van der Waals surface area contributed by atoms with Crippen molar-refractivity contribution in [2.24, 2.45) is 4.99 Å². The first kappa shape index (κ1) is 18.7. The van der Waals surface area contributed by atoms with E-state index in [4.69, 9.17) is 24.7 Å². The van der Waals surface area contributed by atoms with Gasteiger partial charge in [0.15, 0.2) is 30.1 Å². The van der Waals surface area contributed by atoms with E-state index in [1.807, 2.05) is 30.3 Å². The van der Waals surface area contributed by atoms with Crippen molar-refractivity contribution in [3.8, 4) is 0 Å². The largest absolute Gasteiger partial charge is 0.453 e. The first-order chi connectivity index (χ1) is 14.5. The van der Waals surface area contributed by atoms with Gasteiger partial charge in [0.2, 0.25) is 5.95 Å². The van der Waals surface area contributed by atoms with Crippen molar-refractivity contribution < 1.29 is 23.7 Å². The van der Waals surface area contributed by atoms with Gasteiger partial charge in [-0.1, -0.05) is 30.3 Å². The van der Waals surface area contributed by atoms with Crippen LogP contribution in [0.2, 0.25) is 0 Å². The van der Waals surface area contributed by atoms with Crippen LogP contribution in [0.5, 0.6) is 0 Å². The molecule has 11 nitrogen and oxygen atoms in total. The minimum absolute atomic E-state index is 0.0290. The molecule has 5 rings (SSSR count). The van der Waals surface area contributed by atoms with Gasteiger partial charge in [0.25, 0.3) is 5.56 Å². The normalized spacial score (nSPS) is 29.5. The zero-order valence-corrected chi connectivity index (χ0v) is 15.9. The number of anilines is 2. The van der Waals surface area contributed by atoms with Gasteiger partial charge in [0.05, 0.1) is 6.61 Å². The molecular weight excluding hydrogens is 394 g/mol. The highest BCUT2D eigenvalue weighted by Gasteiger charge is 2.51. The third-order valence-electron chi connectivity index (χ3n) is 5.02. The lowest BCUT2D eigenvalue weighted by molar-refractivity contribution is -0.289. The van der Waals surface area contributed by atoms with Crippen molar-refractivity contribution >= 4 is 29.1 Å². The van der Waals surface area contributed by atoms with Crippen molar-refractivity contribution in [1.82, 2.24) is 9.97 Å². The highest BCUT2D eigenvalue weighted by Crippen LogP contribution is 2.37. The lowest BCUT2D eigenvalue weighted by atomic mass is 9.96. The van der Waals surface area contributed by atoms with Crippen molar-refractivity contribution in [3.05, 3.63) is 46.2 Å². The van der Waals surface area contributed by atoms with Gasteiger partial charge >= 0.3 is 5.97 Å². The number of nitrogens with one attached hydrogen (secondary N) is 2. The zero-order valence-electron chi connectivity index (χ0n) is 15.9. The van der Waals surface area contributed by atoms with E-state index in [9.17, 15) is 9.59 Å². The van der Waals surface area contributed by atoms with Crippen LogP contribution in [0.4, 0.5) is 17.5 Å². The molecule has 2 fully saturated rings. The maximum Gasteiger partial charge on any atom is 0.303 e. The Kier molecular flexibility index (Phi) is 4.50. The standard InChI is InChI=1S/C19H19N5O6/c1-8(25)28-14-11-17(22-15-12(21-11)16(26)24-19(20)23-15)29-10-7-27-18(30-13(10)14)9-5-3-2-4-6-9/h2-6,10,13-14,17-18H,7H2,1H3,(H4,20,22,23,24,26)/t10-,13+,14-,17?,18?/m1/s1. The molecule has 3 aliphatic heterocycles. The van der Waals surface area contributed by atoms with Gasteiger partial charge in [-0.15, -0.1) is 0 Å². The number of aliphatic imine (C=N–C) groups is 1. The average Bonchev–Trinajstić information content (AvgIpc) is 2.72. The Labute approximate surface area is 170 Å². The predicted octanol–water partition coefficient (Wildman–Crippen LogP) is 0.621. The summed E-state index contributed by atoms with van der Waals surface area (Å²) >= 11 is 0. The molecule has 0 saturated carbocycles. The fourth-order valence-corrected chi connectivity index (χ4v) is 3.76. The maximum absolute atomic E-state index is 12.3. The third kappa shape index (κ3) is 3.22. The van der Waals surface area contributed by atoms with Crippen molar-refractivity contribution in [2.45, 2.75) is 37.8 Å². The van der Waals surface area contributed by atoms with Crippen LogP contribution in [0.3, 0.4) is 0 Å². The highest BCUT2D eigenvalue weighted by molar-refractivity contribution is 6.01. The maximum atomic E-state index is 12.3. The monoisotopic (exact) mass is 413 g/mol. The summed E-state index contributed by atoms with van der Waals surface area (Å²) in [6, 6.07) is 9.40. The second kappa shape index (κ2) is 7.20. The van der Waals surface area contributed by atoms with E-state index >= 15 is 0 Å². The van der Waals surface area contributed by atoms with Gasteiger partial charge in [-0.2, -0.15) is 4.98 Å². The molecular formula is C19H19N5O6. The lowest BCUT2D eigenvalue weighted by Gasteiger charge is -2.46. The summed E-state index contributed by atoms with van der Waals surface area (Å²) in [7, 11) is 0. The molecule has 0 aliphatic carbocycles. The Morgan fingerprint density at radius 2 is 2.07 bits per heavy atom. The number of benzene rings is 1. The Morgan fingerprint density at radius 3 is 2.83 bits per heavy atom. The van der Waals surface area contributed by atoms with Crippen molar-refractivity contribution in [2.75, 3.05) is 17.7 Å². The molecule has 156 valence electrons. The second-order valence-electron chi connectivity index (χ2n) is 7.09. The smallest absolute Gasteiger partial charge is 0.303 e. The van der Waals surface area contributed by atoms with Crippen molar-refractivity contribution in [3.63, 3.8) is 0 Å². The summed E-state index contributed by atoms with van der Waals surface area (Å²) in [6.45, 7) is 1.51. The van der Waals surface area contributed by atoms with Crippen molar-refractivity contribution in [1.29, 1.82) is 0 Å². The fraction of sp³-hybridized carbons (Fsp3) is 0.368. The second-order valence-corrected chi connectivity index (χ2v) is 7.09.